The van der Waals surface area contributed by atoms with Gasteiger partial charge in [-0.25, -0.2) is 4.79 Å². The van der Waals surface area contributed by atoms with E-state index in [1.165, 1.54) is 6.92 Å². The van der Waals surface area contributed by atoms with E-state index in [0.29, 0.717) is 4.68 Å². The van der Waals surface area contributed by atoms with Crippen LogP contribution in [0.3, 0.4) is 0 Å². The second-order valence-electron chi connectivity index (χ2n) is 3.82. The number of hydrogen-bond donors (Lipinski definition) is 2. The summed E-state index contributed by atoms with van der Waals surface area (Å²) in [5, 5.41) is 21.8. The smallest absolute Gasteiger partial charge is 0.435 e. The lowest BCUT2D eigenvalue weighted by Crippen LogP contribution is -2.31. The van der Waals surface area contributed by atoms with Gasteiger partial charge in [0.15, 0.2) is 11.8 Å². The highest BCUT2D eigenvalue weighted by atomic mass is 35.5. The molecule has 0 aliphatic heterocycles. The summed E-state index contributed by atoms with van der Waals surface area (Å²) in [7, 11) is 1.13. The SMILES string of the molecule is CCOC(=O)C(O)C(O)c1c(C(F)(F)F)nn(C)c1Cl. The van der Waals surface area contributed by atoms with Crippen LogP contribution in [0, 0.1) is 0 Å². The van der Waals surface area contributed by atoms with Crippen LogP contribution in [0.4, 0.5) is 13.2 Å². The van der Waals surface area contributed by atoms with E-state index in [2.05, 4.69) is 9.84 Å². The van der Waals surface area contributed by atoms with E-state index in [-0.39, 0.29) is 6.61 Å². The van der Waals surface area contributed by atoms with Crippen LogP contribution in [0.15, 0.2) is 0 Å². The number of aromatic nitrogens is 2. The van der Waals surface area contributed by atoms with Gasteiger partial charge in [-0.05, 0) is 6.92 Å². The first kappa shape index (κ1) is 16.7. The van der Waals surface area contributed by atoms with Gasteiger partial charge in [0.05, 0.1) is 12.2 Å². The van der Waals surface area contributed by atoms with Crippen LogP contribution in [0.2, 0.25) is 5.15 Å². The number of aryl methyl sites for hydroxylation is 1. The van der Waals surface area contributed by atoms with E-state index in [4.69, 9.17) is 11.6 Å². The highest BCUT2D eigenvalue weighted by Gasteiger charge is 2.43. The molecule has 0 spiro atoms. The van der Waals surface area contributed by atoms with E-state index >= 15 is 0 Å². The van der Waals surface area contributed by atoms with Crippen molar-refractivity contribution in [2.75, 3.05) is 6.61 Å². The summed E-state index contributed by atoms with van der Waals surface area (Å²) in [6.07, 6.45) is -9.29. The third-order valence-corrected chi connectivity index (χ3v) is 2.85. The average molecular weight is 317 g/mol. The Morgan fingerprint density at radius 1 is 1.50 bits per heavy atom. The minimum absolute atomic E-state index is 0.102. The molecule has 2 atom stereocenters. The molecule has 1 aromatic rings. The Balaban J connectivity index is 3.22. The van der Waals surface area contributed by atoms with Crippen molar-refractivity contribution in [1.82, 2.24) is 9.78 Å². The first-order chi connectivity index (χ1) is 9.11. The monoisotopic (exact) mass is 316 g/mol. The number of carbonyl (C=O) groups excluding carboxylic acids is 1. The van der Waals surface area contributed by atoms with Crippen LogP contribution in [0.25, 0.3) is 0 Å². The second-order valence-corrected chi connectivity index (χ2v) is 4.17. The molecule has 1 heterocycles. The normalized spacial score (nSPS) is 15.0. The van der Waals surface area contributed by atoms with Crippen LogP contribution in [-0.2, 0) is 22.8 Å². The predicted octanol–water partition coefficient (Wildman–Crippen LogP) is 1.05. The predicted molar refractivity (Wildman–Crippen MR) is 60.8 cm³/mol. The first-order valence-corrected chi connectivity index (χ1v) is 5.81. The molecule has 0 aromatic carbocycles. The minimum atomic E-state index is -4.89. The number of ether oxygens (including phenoxy) is 1. The van der Waals surface area contributed by atoms with Gasteiger partial charge in [-0.15, -0.1) is 0 Å². The summed E-state index contributed by atoms with van der Waals surface area (Å²) in [6.45, 7) is 1.34. The second kappa shape index (κ2) is 5.98. The quantitative estimate of drug-likeness (QED) is 0.811. The zero-order chi connectivity index (χ0) is 15.7. The molecule has 2 N–H and O–H groups in total. The summed E-state index contributed by atoms with van der Waals surface area (Å²) in [4.78, 5) is 11.3. The molecule has 6 nitrogen and oxygen atoms in total. The zero-order valence-electron chi connectivity index (χ0n) is 10.5. The van der Waals surface area contributed by atoms with Crippen LogP contribution < -0.4 is 0 Å². The largest absolute Gasteiger partial charge is 0.464 e. The molecule has 0 aliphatic carbocycles. The van der Waals surface area contributed by atoms with Crippen LogP contribution >= 0.6 is 11.6 Å². The van der Waals surface area contributed by atoms with Crippen molar-refractivity contribution in [1.29, 1.82) is 0 Å². The van der Waals surface area contributed by atoms with E-state index in [0.717, 1.165) is 7.05 Å². The van der Waals surface area contributed by atoms with Gasteiger partial charge in [0.2, 0.25) is 0 Å². The van der Waals surface area contributed by atoms with Crippen molar-refractivity contribution in [2.45, 2.75) is 25.3 Å². The van der Waals surface area contributed by atoms with Gasteiger partial charge in [-0.1, -0.05) is 11.6 Å². The van der Waals surface area contributed by atoms with Crippen molar-refractivity contribution in [2.24, 2.45) is 7.05 Å². The molecule has 0 radical (unpaired) electrons. The van der Waals surface area contributed by atoms with Crippen molar-refractivity contribution in [3.63, 3.8) is 0 Å². The fourth-order valence-electron chi connectivity index (χ4n) is 1.51. The number of nitrogens with zero attached hydrogens (tertiary/aromatic N) is 2. The Morgan fingerprint density at radius 2 is 2.05 bits per heavy atom. The lowest BCUT2D eigenvalue weighted by Gasteiger charge is -2.17. The van der Waals surface area contributed by atoms with Crippen LogP contribution in [0.5, 0.6) is 0 Å². The summed E-state index contributed by atoms with van der Waals surface area (Å²) < 4.78 is 43.4. The Kier molecular flexibility index (Phi) is 5.00. The maximum atomic E-state index is 12.8. The molecule has 114 valence electrons. The third kappa shape index (κ3) is 3.22. The summed E-state index contributed by atoms with van der Waals surface area (Å²) in [5.74, 6) is -1.26. The summed E-state index contributed by atoms with van der Waals surface area (Å²) in [5.41, 5.74) is -2.34. The van der Waals surface area contributed by atoms with Gasteiger partial charge in [0.25, 0.3) is 0 Å². The molecule has 0 bridgehead atoms. The molecule has 0 amide bonds. The lowest BCUT2D eigenvalue weighted by atomic mass is 10.0. The molecule has 2 unspecified atom stereocenters. The lowest BCUT2D eigenvalue weighted by molar-refractivity contribution is -0.161. The van der Waals surface area contributed by atoms with Crippen molar-refractivity contribution in [3.8, 4) is 0 Å². The first-order valence-electron chi connectivity index (χ1n) is 5.43. The van der Waals surface area contributed by atoms with Crippen LogP contribution in [0.1, 0.15) is 24.3 Å². The molecule has 1 aromatic heterocycles. The highest BCUT2D eigenvalue weighted by molar-refractivity contribution is 6.30. The van der Waals surface area contributed by atoms with Crippen molar-refractivity contribution in [3.05, 3.63) is 16.4 Å². The number of alkyl halides is 3. The molecule has 0 saturated heterocycles. The molecular formula is C10H12ClF3N2O4. The van der Waals surface area contributed by atoms with Gasteiger partial charge >= 0.3 is 12.1 Å². The minimum Gasteiger partial charge on any atom is -0.464 e. The third-order valence-electron chi connectivity index (χ3n) is 2.40. The fraction of sp³-hybridized carbons (Fsp3) is 0.600. The fourth-order valence-corrected chi connectivity index (χ4v) is 1.74. The topological polar surface area (TPSA) is 84.6 Å². The molecule has 20 heavy (non-hydrogen) atoms. The average Bonchev–Trinajstić information content (AvgIpc) is 2.64. The number of hydrogen-bond acceptors (Lipinski definition) is 5. The van der Waals surface area contributed by atoms with E-state index in [1.54, 1.807) is 0 Å². The maximum absolute atomic E-state index is 12.8. The van der Waals surface area contributed by atoms with E-state index in [1.807, 2.05) is 0 Å². The Hall–Kier alpha value is -1.32. The molecule has 1 rings (SSSR count). The molecule has 0 saturated carbocycles. The number of rotatable bonds is 4. The number of aliphatic hydroxyl groups excluding tert-OH is 2. The molecular weight excluding hydrogens is 305 g/mol. The number of carbonyl (C=O) groups is 1. The van der Waals surface area contributed by atoms with Gasteiger partial charge in [-0.3, -0.25) is 4.68 Å². The van der Waals surface area contributed by atoms with Gasteiger partial charge in [0, 0.05) is 7.05 Å². The van der Waals surface area contributed by atoms with Gasteiger partial charge in [-0.2, -0.15) is 18.3 Å². The van der Waals surface area contributed by atoms with Crippen molar-refractivity contribution >= 4 is 17.6 Å². The summed E-state index contributed by atoms with van der Waals surface area (Å²) in [6, 6.07) is 0. The Morgan fingerprint density at radius 3 is 2.50 bits per heavy atom. The summed E-state index contributed by atoms with van der Waals surface area (Å²) >= 11 is 5.62. The molecule has 10 heteroatoms. The number of aliphatic hydroxyl groups is 2. The Labute approximate surface area is 116 Å². The Bertz CT molecular complexity index is 503. The van der Waals surface area contributed by atoms with Crippen LogP contribution in [-0.4, -0.2) is 38.7 Å². The highest BCUT2D eigenvalue weighted by Crippen LogP contribution is 2.38. The molecule has 0 aliphatic rings. The molecule has 0 fully saturated rings. The number of halogens is 4. The van der Waals surface area contributed by atoms with E-state index < -0.39 is 40.8 Å². The zero-order valence-corrected chi connectivity index (χ0v) is 11.2. The van der Waals surface area contributed by atoms with Crippen molar-refractivity contribution < 1.29 is 32.9 Å². The van der Waals surface area contributed by atoms with Gasteiger partial charge in [0.1, 0.15) is 11.3 Å². The van der Waals surface area contributed by atoms with Gasteiger partial charge < -0.3 is 14.9 Å². The number of esters is 1. The maximum Gasteiger partial charge on any atom is 0.435 e. The van der Waals surface area contributed by atoms with E-state index in [9.17, 15) is 28.2 Å². The standard InChI is InChI=1S/C10H12ClF3N2O4/c1-3-20-9(19)6(18)5(17)4-7(10(12,13)14)15-16(2)8(4)11/h5-6,17-18H,3H2,1-2H3.